The van der Waals surface area contributed by atoms with Crippen LogP contribution in [-0.4, -0.2) is 19.3 Å². The monoisotopic (exact) mass is 142 g/mol. The fourth-order valence-corrected chi connectivity index (χ4v) is 0.943. The number of hydrogen-bond donors (Lipinski definition) is 1. The minimum atomic E-state index is 0.699. The fourth-order valence-electron chi connectivity index (χ4n) is 0.943. The van der Waals surface area contributed by atoms with Crippen LogP contribution in [-0.2, 0) is 0 Å². The van der Waals surface area contributed by atoms with Gasteiger partial charge >= 0.3 is 0 Å². The van der Waals surface area contributed by atoms with Crippen LogP contribution in [0.4, 0.5) is 0 Å². The first-order valence-electron chi connectivity index (χ1n) is 3.85. The van der Waals surface area contributed by atoms with Crippen molar-refractivity contribution in [1.82, 2.24) is 0 Å². The average Bonchev–Trinajstić information content (AvgIpc) is 1.86. The topological polar surface area (TPSA) is 38.4 Å². The number of rotatable bonds is 4. The maximum absolute atomic E-state index is 5.40. The van der Waals surface area contributed by atoms with Gasteiger partial charge < -0.3 is 5.73 Å². The van der Waals surface area contributed by atoms with Gasteiger partial charge in [0, 0.05) is 12.8 Å². The lowest BCUT2D eigenvalue weighted by atomic mass is 10.0. The normalized spacial score (nSPS) is 12.7. The Hall–Kier alpha value is -0.370. The van der Waals surface area contributed by atoms with E-state index in [1.54, 1.807) is 0 Å². The summed E-state index contributed by atoms with van der Waals surface area (Å²) < 4.78 is 0. The van der Waals surface area contributed by atoms with Gasteiger partial charge in [0.1, 0.15) is 0 Å². The van der Waals surface area contributed by atoms with Crippen LogP contribution in [0.15, 0.2) is 4.99 Å². The van der Waals surface area contributed by atoms with Gasteiger partial charge in [0.25, 0.3) is 0 Å². The molecule has 0 aliphatic heterocycles. The molecular formula is C8H18N2. The van der Waals surface area contributed by atoms with Gasteiger partial charge in [-0.3, -0.25) is 4.99 Å². The smallest absolute Gasteiger partial charge is 0.0276 e. The van der Waals surface area contributed by atoms with E-state index in [4.69, 9.17) is 5.73 Å². The Morgan fingerprint density at radius 3 is 2.40 bits per heavy atom. The maximum Gasteiger partial charge on any atom is 0.0276 e. The van der Waals surface area contributed by atoms with Crippen molar-refractivity contribution >= 4 is 5.71 Å². The molecule has 0 saturated heterocycles. The number of aliphatic imine (C=N–C) groups is 1. The number of nitrogens with zero attached hydrogens (tertiary/aromatic N) is 1. The molecule has 0 amide bonds. The third-order valence-corrected chi connectivity index (χ3v) is 1.39. The Morgan fingerprint density at radius 1 is 1.50 bits per heavy atom. The minimum Gasteiger partial charge on any atom is -0.330 e. The van der Waals surface area contributed by atoms with E-state index in [0.29, 0.717) is 5.92 Å². The number of hydrogen-bond acceptors (Lipinski definition) is 2. The second-order valence-corrected chi connectivity index (χ2v) is 2.93. The highest BCUT2D eigenvalue weighted by Crippen LogP contribution is 2.03. The molecule has 0 aromatic rings. The summed E-state index contributed by atoms with van der Waals surface area (Å²) in [7, 11) is 1.84. The van der Waals surface area contributed by atoms with Gasteiger partial charge in [0.2, 0.25) is 0 Å². The van der Waals surface area contributed by atoms with Crippen LogP contribution in [0.1, 0.15) is 26.7 Å². The van der Waals surface area contributed by atoms with Crippen molar-refractivity contribution in [2.24, 2.45) is 16.6 Å². The summed E-state index contributed by atoms with van der Waals surface area (Å²) in [5, 5.41) is 0. The third kappa shape index (κ3) is 4.50. The first-order chi connectivity index (χ1) is 4.70. The van der Waals surface area contributed by atoms with Crippen molar-refractivity contribution in [1.29, 1.82) is 0 Å². The molecule has 2 N–H and O–H groups in total. The van der Waals surface area contributed by atoms with E-state index in [1.165, 1.54) is 5.71 Å². The second-order valence-electron chi connectivity index (χ2n) is 2.93. The summed E-state index contributed by atoms with van der Waals surface area (Å²) in [4.78, 5) is 4.15. The van der Waals surface area contributed by atoms with E-state index in [2.05, 4.69) is 18.8 Å². The van der Waals surface area contributed by atoms with Gasteiger partial charge in [0.15, 0.2) is 0 Å². The highest BCUT2D eigenvalue weighted by molar-refractivity contribution is 5.84. The fraction of sp³-hybridized carbons (Fsp3) is 0.875. The van der Waals surface area contributed by atoms with Crippen LogP contribution in [0.5, 0.6) is 0 Å². The molecule has 0 saturated carbocycles. The van der Waals surface area contributed by atoms with E-state index in [0.717, 1.165) is 19.4 Å². The molecule has 0 radical (unpaired) electrons. The summed E-state index contributed by atoms with van der Waals surface area (Å²) >= 11 is 0. The molecule has 0 aromatic carbocycles. The summed E-state index contributed by atoms with van der Waals surface area (Å²) in [6.07, 6.45) is 2.04. The van der Waals surface area contributed by atoms with Gasteiger partial charge in [-0.1, -0.05) is 13.8 Å². The van der Waals surface area contributed by atoms with E-state index in [9.17, 15) is 0 Å². The molecule has 0 atom stereocenters. The minimum absolute atomic E-state index is 0.699. The molecule has 0 unspecified atom stereocenters. The Balaban J connectivity index is 3.62. The SMILES string of the molecule is CN=C(CCN)CC(C)C. The van der Waals surface area contributed by atoms with Crippen molar-refractivity contribution in [3.63, 3.8) is 0 Å². The Morgan fingerprint density at radius 2 is 2.10 bits per heavy atom. The Labute approximate surface area is 63.5 Å². The molecule has 0 fully saturated rings. The molecule has 2 heteroatoms. The maximum atomic E-state index is 5.40. The molecule has 0 aromatic heterocycles. The van der Waals surface area contributed by atoms with E-state index >= 15 is 0 Å². The number of nitrogens with two attached hydrogens (primary N) is 1. The summed E-state index contributed by atoms with van der Waals surface area (Å²) in [5.41, 5.74) is 6.65. The zero-order chi connectivity index (χ0) is 7.98. The van der Waals surface area contributed by atoms with E-state index in [1.807, 2.05) is 7.05 Å². The molecule has 0 aliphatic rings. The molecule has 0 heterocycles. The lowest BCUT2D eigenvalue weighted by Gasteiger charge is -2.05. The van der Waals surface area contributed by atoms with Crippen molar-refractivity contribution in [3.8, 4) is 0 Å². The van der Waals surface area contributed by atoms with Crippen molar-refractivity contribution in [3.05, 3.63) is 0 Å². The highest BCUT2D eigenvalue weighted by Gasteiger charge is 1.99. The Kier molecular flexibility index (Phi) is 5.22. The lowest BCUT2D eigenvalue weighted by molar-refractivity contribution is 0.675. The summed E-state index contributed by atoms with van der Waals surface area (Å²) in [6, 6.07) is 0. The van der Waals surface area contributed by atoms with Crippen molar-refractivity contribution < 1.29 is 0 Å². The predicted molar refractivity (Wildman–Crippen MR) is 46.5 cm³/mol. The van der Waals surface area contributed by atoms with Gasteiger partial charge in [-0.05, 0) is 25.3 Å². The highest BCUT2D eigenvalue weighted by atomic mass is 14.7. The first kappa shape index (κ1) is 9.63. The van der Waals surface area contributed by atoms with Gasteiger partial charge in [-0.2, -0.15) is 0 Å². The van der Waals surface area contributed by atoms with Crippen LogP contribution in [0.2, 0.25) is 0 Å². The Bertz CT molecular complexity index is 106. The standard InChI is InChI=1S/C8H18N2/c1-7(2)6-8(10-3)4-5-9/h7H,4-6,9H2,1-3H3. The summed E-state index contributed by atoms with van der Waals surface area (Å²) in [6.45, 7) is 5.11. The largest absolute Gasteiger partial charge is 0.330 e. The van der Waals surface area contributed by atoms with Crippen LogP contribution < -0.4 is 5.73 Å². The van der Waals surface area contributed by atoms with Gasteiger partial charge in [-0.15, -0.1) is 0 Å². The molecular weight excluding hydrogens is 124 g/mol. The molecule has 0 aliphatic carbocycles. The average molecular weight is 142 g/mol. The van der Waals surface area contributed by atoms with E-state index < -0.39 is 0 Å². The predicted octanol–water partition coefficient (Wildman–Crippen LogP) is 1.45. The van der Waals surface area contributed by atoms with Crippen LogP contribution in [0.25, 0.3) is 0 Å². The van der Waals surface area contributed by atoms with Crippen LogP contribution in [0.3, 0.4) is 0 Å². The lowest BCUT2D eigenvalue weighted by Crippen LogP contribution is -2.10. The van der Waals surface area contributed by atoms with Gasteiger partial charge in [-0.25, -0.2) is 0 Å². The zero-order valence-electron chi connectivity index (χ0n) is 7.22. The van der Waals surface area contributed by atoms with Crippen molar-refractivity contribution in [2.75, 3.05) is 13.6 Å². The van der Waals surface area contributed by atoms with Crippen LogP contribution >= 0.6 is 0 Å². The molecule has 2 nitrogen and oxygen atoms in total. The molecule has 0 spiro atoms. The first-order valence-corrected chi connectivity index (χ1v) is 3.85. The molecule has 0 bridgehead atoms. The molecule has 60 valence electrons. The molecule has 0 rings (SSSR count). The van der Waals surface area contributed by atoms with Crippen LogP contribution in [0, 0.1) is 5.92 Å². The third-order valence-electron chi connectivity index (χ3n) is 1.39. The second kappa shape index (κ2) is 5.42. The van der Waals surface area contributed by atoms with E-state index in [-0.39, 0.29) is 0 Å². The molecule has 10 heavy (non-hydrogen) atoms. The zero-order valence-corrected chi connectivity index (χ0v) is 7.22. The van der Waals surface area contributed by atoms with Crippen molar-refractivity contribution in [2.45, 2.75) is 26.7 Å². The quantitative estimate of drug-likeness (QED) is 0.593. The summed E-state index contributed by atoms with van der Waals surface area (Å²) in [5.74, 6) is 0.699. The van der Waals surface area contributed by atoms with Gasteiger partial charge in [0.05, 0.1) is 0 Å².